The maximum absolute atomic E-state index is 10.5. The molecule has 0 atom stereocenters. The largest absolute Gasteiger partial charge is 0.358 e. The number of nitrogens with one attached hydrogen (secondary N) is 2. The Labute approximate surface area is 85.4 Å². The quantitative estimate of drug-likeness (QED) is 0.557. The number of aromatic amines is 1. The minimum Gasteiger partial charge on any atom is -0.358 e. The molecule has 1 amide bonds. The maximum Gasteiger partial charge on any atom is 0.347 e. The lowest BCUT2D eigenvalue weighted by Gasteiger charge is -1.94. The number of amides is 1. The Hall–Kier alpha value is -2.18. The summed E-state index contributed by atoms with van der Waals surface area (Å²) in [5.41, 5.74) is 0.241. The highest BCUT2D eigenvalue weighted by atomic mass is 16.6. The number of nitrogens with zero attached hydrogens (tertiary/aromatic N) is 2. The predicted octanol–water partition coefficient (Wildman–Crippen LogP) is 0.467. The van der Waals surface area contributed by atoms with Crippen molar-refractivity contribution < 1.29 is 9.72 Å². The van der Waals surface area contributed by atoms with Gasteiger partial charge in [-0.15, -0.1) is 0 Å². The fraction of sp³-hybridized carbons (Fsp3) is 0.250. The Balaban J connectivity index is 2.60. The Morgan fingerprint density at radius 3 is 3.13 bits per heavy atom. The minimum absolute atomic E-state index is 0.156. The molecule has 80 valence electrons. The summed E-state index contributed by atoms with van der Waals surface area (Å²) in [5, 5.41) is 13.0. The summed E-state index contributed by atoms with van der Waals surface area (Å²) in [7, 11) is 0. The lowest BCUT2D eigenvalue weighted by Crippen LogP contribution is -2.19. The Kier molecular flexibility index (Phi) is 3.55. The fourth-order valence-electron chi connectivity index (χ4n) is 0.939. The molecule has 1 heterocycles. The Morgan fingerprint density at radius 2 is 2.53 bits per heavy atom. The van der Waals surface area contributed by atoms with E-state index in [2.05, 4.69) is 15.3 Å². The van der Waals surface area contributed by atoms with Crippen molar-refractivity contribution in [3.63, 3.8) is 0 Å². The van der Waals surface area contributed by atoms with Crippen LogP contribution < -0.4 is 5.32 Å². The molecule has 15 heavy (non-hydrogen) atoms. The van der Waals surface area contributed by atoms with Gasteiger partial charge in [-0.05, 0) is 11.0 Å². The van der Waals surface area contributed by atoms with Crippen LogP contribution in [0.2, 0.25) is 0 Å². The maximum atomic E-state index is 10.5. The van der Waals surface area contributed by atoms with Crippen LogP contribution in [0.4, 0.5) is 5.82 Å². The number of aromatic nitrogens is 2. The number of rotatable bonds is 4. The molecule has 0 spiro atoms. The van der Waals surface area contributed by atoms with Crippen molar-refractivity contribution in [1.82, 2.24) is 15.3 Å². The Morgan fingerprint density at radius 1 is 1.80 bits per heavy atom. The molecular weight excluding hydrogens is 200 g/mol. The van der Waals surface area contributed by atoms with E-state index in [9.17, 15) is 14.9 Å². The third-order valence-electron chi connectivity index (χ3n) is 1.57. The van der Waals surface area contributed by atoms with Crippen LogP contribution in [0.1, 0.15) is 12.6 Å². The van der Waals surface area contributed by atoms with Crippen LogP contribution >= 0.6 is 0 Å². The zero-order valence-corrected chi connectivity index (χ0v) is 8.06. The van der Waals surface area contributed by atoms with E-state index in [4.69, 9.17) is 0 Å². The van der Waals surface area contributed by atoms with E-state index in [0.29, 0.717) is 6.54 Å². The Bertz CT molecular complexity index is 396. The molecule has 1 aromatic heterocycles. The molecule has 0 saturated heterocycles. The fourth-order valence-corrected chi connectivity index (χ4v) is 0.939. The monoisotopic (exact) mass is 210 g/mol. The normalized spacial score (nSPS) is 10.5. The average Bonchev–Trinajstić information content (AvgIpc) is 2.60. The summed E-state index contributed by atoms with van der Waals surface area (Å²) in [4.78, 5) is 26.6. The third kappa shape index (κ3) is 3.22. The van der Waals surface area contributed by atoms with Crippen molar-refractivity contribution in [2.45, 2.75) is 6.92 Å². The van der Waals surface area contributed by atoms with Crippen molar-refractivity contribution >= 4 is 17.8 Å². The van der Waals surface area contributed by atoms with E-state index in [1.807, 2.05) is 0 Å². The van der Waals surface area contributed by atoms with E-state index < -0.39 is 4.92 Å². The number of imidazole rings is 1. The molecule has 0 bridgehead atoms. The number of hydrogen-bond donors (Lipinski definition) is 2. The molecule has 0 radical (unpaired) electrons. The SMILES string of the molecule is CC(=O)NCC=Cc1nc[nH]c1[N+](=O)[O-]. The lowest BCUT2D eigenvalue weighted by molar-refractivity contribution is -0.389. The second kappa shape index (κ2) is 4.89. The molecule has 0 aromatic carbocycles. The van der Waals surface area contributed by atoms with Gasteiger partial charge in [-0.1, -0.05) is 6.08 Å². The van der Waals surface area contributed by atoms with E-state index in [-0.39, 0.29) is 17.4 Å². The van der Waals surface area contributed by atoms with Gasteiger partial charge in [0.15, 0.2) is 12.0 Å². The first kappa shape index (κ1) is 10.9. The van der Waals surface area contributed by atoms with E-state index in [1.165, 1.54) is 19.3 Å². The minimum atomic E-state index is -0.551. The summed E-state index contributed by atoms with van der Waals surface area (Å²) in [6.07, 6.45) is 4.31. The summed E-state index contributed by atoms with van der Waals surface area (Å²) in [6, 6.07) is 0. The van der Waals surface area contributed by atoms with Crippen LogP contribution in [-0.4, -0.2) is 27.3 Å². The van der Waals surface area contributed by atoms with Gasteiger partial charge in [-0.25, -0.2) is 9.97 Å². The number of H-pyrrole nitrogens is 1. The van der Waals surface area contributed by atoms with Crippen LogP contribution in [-0.2, 0) is 4.79 Å². The van der Waals surface area contributed by atoms with Crippen molar-refractivity contribution in [2.75, 3.05) is 6.54 Å². The van der Waals surface area contributed by atoms with Crippen molar-refractivity contribution in [2.24, 2.45) is 0 Å². The smallest absolute Gasteiger partial charge is 0.347 e. The highest BCUT2D eigenvalue weighted by Crippen LogP contribution is 2.13. The molecule has 0 aliphatic carbocycles. The summed E-state index contributed by atoms with van der Waals surface area (Å²) < 4.78 is 0. The molecule has 0 fully saturated rings. The van der Waals surface area contributed by atoms with Crippen LogP contribution in [0.15, 0.2) is 12.4 Å². The number of carbonyl (C=O) groups is 1. The molecule has 0 aliphatic heterocycles. The van der Waals surface area contributed by atoms with Gasteiger partial charge in [-0.3, -0.25) is 4.79 Å². The first-order chi connectivity index (χ1) is 7.11. The van der Waals surface area contributed by atoms with Gasteiger partial charge in [0.25, 0.3) is 0 Å². The zero-order valence-electron chi connectivity index (χ0n) is 8.06. The highest BCUT2D eigenvalue weighted by molar-refractivity contribution is 5.73. The van der Waals surface area contributed by atoms with Crippen molar-refractivity contribution in [3.05, 3.63) is 28.2 Å². The second-order valence-corrected chi connectivity index (χ2v) is 2.73. The predicted molar refractivity (Wildman–Crippen MR) is 53.0 cm³/mol. The highest BCUT2D eigenvalue weighted by Gasteiger charge is 2.11. The van der Waals surface area contributed by atoms with Crippen molar-refractivity contribution in [3.8, 4) is 0 Å². The topological polar surface area (TPSA) is 101 Å². The number of hydrogen-bond acceptors (Lipinski definition) is 4. The lowest BCUT2D eigenvalue weighted by atomic mass is 10.4. The third-order valence-corrected chi connectivity index (χ3v) is 1.57. The van der Waals surface area contributed by atoms with Gasteiger partial charge in [0.1, 0.15) is 0 Å². The van der Waals surface area contributed by atoms with Gasteiger partial charge < -0.3 is 15.4 Å². The summed E-state index contributed by atoms with van der Waals surface area (Å²) >= 11 is 0. The molecule has 7 heteroatoms. The standard InChI is InChI=1S/C8H10N4O3/c1-6(13)9-4-2-3-7-8(12(14)15)11-5-10-7/h2-3,5H,4H2,1H3,(H,9,13)(H,10,11). The number of nitro groups is 1. The van der Waals surface area contributed by atoms with Crippen LogP contribution in [0.5, 0.6) is 0 Å². The van der Waals surface area contributed by atoms with E-state index in [1.54, 1.807) is 6.08 Å². The van der Waals surface area contributed by atoms with E-state index >= 15 is 0 Å². The molecule has 7 nitrogen and oxygen atoms in total. The molecule has 1 rings (SSSR count). The van der Waals surface area contributed by atoms with Gasteiger partial charge in [0, 0.05) is 13.5 Å². The van der Waals surface area contributed by atoms with Gasteiger partial charge in [-0.2, -0.15) is 0 Å². The van der Waals surface area contributed by atoms with Gasteiger partial charge in [0.05, 0.1) is 0 Å². The molecule has 2 N–H and O–H groups in total. The summed E-state index contributed by atoms with van der Waals surface area (Å²) in [6.45, 7) is 1.71. The summed E-state index contributed by atoms with van der Waals surface area (Å²) in [5.74, 6) is -0.315. The van der Waals surface area contributed by atoms with Gasteiger partial charge >= 0.3 is 5.82 Å². The molecule has 1 aromatic rings. The van der Waals surface area contributed by atoms with Crippen LogP contribution in [0, 0.1) is 10.1 Å². The van der Waals surface area contributed by atoms with Gasteiger partial charge in [0.2, 0.25) is 5.91 Å². The second-order valence-electron chi connectivity index (χ2n) is 2.73. The molecular formula is C8H10N4O3. The molecule has 0 saturated carbocycles. The zero-order chi connectivity index (χ0) is 11.3. The molecule has 0 unspecified atom stereocenters. The van der Waals surface area contributed by atoms with E-state index in [0.717, 1.165) is 0 Å². The van der Waals surface area contributed by atoms with Crippen LogP contribution in [0.25, 0.3) is 6.08 Å². The molecule has 0 aliphatic rings. The first-order valence-electron chi connectivity index (χ1n) is 4.20. The van der Waals surface area contributed by atoms with Crippen molar-refractivity contribution in [1.29, 1.82) is 0 Å². The number of carbonyl (C=O) groups excluding carboxylic acids is 1. The van der Waals surface area contributed by atoms with Crippen LogP contribution in [0.3, 0.4) is 0 Å². The average molecular weight is 210 g/mol. The first-order valence-corrected chi connectivity index (χ1v) is 4.20.